The van der Waals surface area contributed by atoms with Crippen LogP contribution in [0.5, 0.6) is 0 Å². The SMILES string of the molecule is COC(=O)c1ccc(C(=O)N2CCN(C(=O)Cc3ccccn3)CC2)cc1. The van der Waals surface area contributed by atoms with Crippen molar-refractivity contribution in [1.82, 2.24) is 14.8 Å². The minimum Gasteiger partial charge on any atom is -0.465 e. The Bertz CT molecular complexity index is 813. The first-order valence-corrected chi connectivity index (χ1v) is 8.74. The van der Waals surface area contributed by atoms with Crippen molar-refractivity contribution >= 4 is 17.8 Å². The summed E-state index contributed by atoms with van der Waals surface area (Å²) in [5.74, 6) is -0.527. The molecule has 7 heteroatoms. The number of carbonyl (C=O) groups is 3. The molecule has 1 aliphatic rings. The summed E-state index contributed by atoms with van der Waals surface area (Å²) in [6.07, 6.45) is 1.94. The highest BCUT2D eigenvalue weighted by molar-refractivity contribution is 5.96. The highest BCUT2D eigenvalue weighted by Gasteiger charge is 2.25. The van der Waals surface area contributed by atoms with E-state index >= 15 is 0 Å². The lowest BCUT2D eigenvalue weighted by atomic mass is 10.1. The summed E-state index contributed by atoms with van der Waals surface area (Å²) in [5, 5.41) is 0. The first kappa shape index (κ1) is 18.6. The molecular weight excluding hydrogens is 346 g/mol. The van der Waals surface area contributed by atoms with Crippen molar-refractivity contribution < 1.29 is 19.1 Å². The van der Waals surface area contributed by atoms with Gasteiger partial charge in [0.05, 0.1) is 19.1 Å². The van der Waals surface area contributed by atoms with Crippen LogP contribution in [0.15, 0.2) is 48.7 Å². The molecule has 0 atom stereocenters. The van der Waals surface area contributed by atoms with Gasteiger partial charge in [0, 0.05) is 43.6 Å². The standard InChI is InChI=1S/C20H21N3O4/c1-27-20(26)16-7-5-15(6-8-16)19(25)23-12-10-22(11-13-23)18(24)14-17-4-2-3-9-21-17/h2-9H,10-14H2,1H3. The summed E-state index contributed by atoms with van der Waals surface area (Å²) in [5.41, 5.74) is 1.65. The highest BCUT2D eigenvalue weighted by Crippen LogP contribution is 2.12. The Hall–Kier alpha value is -3.22. The molecule has 140 valence electrons. The van der Waals surface area contributed by atoms with Crippen molar-refractivity contribution in [3.63, 3.8) is 0 Å². The van der Waals surface area contributed by atoms with Crippen LogP contribution in [0.2, 0.25) is 0 Å². The van der Waals surface area contributed by atoms with Gasteiger partial charge in [-0.25, -0.2) is 4.79 Å². The van der Waals surface area contributed by atoms with Crippen LogP contribution in [0.1, 0.15) is 26.4 Å². The van der Waals surface area contributed by atoms with E-state index in [-0.39, 0.29) is 18.2 Å². The molecule has 0 bridgehead atoms. The lowest BCUT2D eigenvalue weighted by molar-refractivity contribution is -0.132. The first-order chi connectivity index (χ1) is 13.1. The molecule has 1 aromatic heterocycles. The van der Waals surface area contributed by atoms with Crippen LogP contribution >= 0.6 is 0 Å². The van der Waals surface area contributed by atoms with E-state index in [2.05, 4.69) is 9.72 Å². The second-order valence-corrected chi connectivity index (χ2v) is 6.24. The molecule has 0 radical (unpaired) electrons. The maximum absolute atomic E-state index is 12.6. The number of benzene rings is 1. The number of esters is 1. The lowest BCUT2D eigenvalue weighted by Gasteiger charge is -2.34. The largest absolute Gasteiger partial charge is 0.465 e. The second kappa shape index (κ2) is 8.44. The van der Waals surface area contributed by atoms with Crippen molar-refractivity contribution in [1.29, 1.82) is 0 Å². The average Bonchev–Trinajstić information content (AvgIpc) is 2.73. The van der Waals surface area contributed by atoms with Gasteiger partial charge in [-0.15, -0.1) is 0 Å². The Kier molecular flexibility index (Phi) is 5.80. The van der Waals surface area contributed by atoms with Gasteiger partial charge in [-0.3, -0.25) is 14.6 Å². The normalized spacial score (nSPS) is 14.0. The molecule has 1 aliphatic heterocycles. The van der Waals surface area contributed by atoms with Crippen molar-refractivity contribution in [2.24, 2.45) is 0 Å². The number of piperazine rings is 1. The fourth-order valence-electron chi connectivity index (χ4n) is 2.98. The number of nitrogens with zero attached hydrogens (tertiary/aromatic N) is 3. The molecule has 2 amide bonds. The lowest BCUT2D eigenvalue weighted by Crippen LogP contribution is -2.51. The number of aromatic nitrogens is 1. The molecule has 1 aromatic carbocycles. The van der Waals surface area contributed by atoms with Crippen LogP contribution in [-0.2, 0) is 16.0 Å². The van der Waals surface area contributed by atoms with Crippen molar-refractivity contribution in [3.05, 3.63) is 65.5 Å². The third-order valence-corrected chi connectivity index (χ3v) is 4.53. The quantitative estimate of drug-likeness (QED) is 0.763. The fourth-order valence-corrected chi connectivity index (χ4v) is 2.98. The highest BCUT2D eigenvalue weighted by atomic mass is 16.5. The number of hydrogen-bond acceptors (Lipinski definition) is 5. The zero-order valence-electron chi connectivity index (χ0n) is 15.1. The van der Waals surface area contributed by atoms with Crippen LogP contribution in [0.4, 0.5) is 0 Å². The van der Waals surface area contributed by atoms with Crippen molar-refractivity contribution in [2.75, 3.05) is 33.3 Å². The summed E-state index contributed by atoms with van der Waals surface area (Å²) >= 11 is 0. The molecule has 2 heterocycles. The summed E-state index contributed by atoms with van der Waals surface area (Å²) in [6.45, 7) is 1.95. The van der Waals surface area contributed by atoms with Gasteiger partial charge in [-0.05, 0) is 36.4 Å². The van der Waals surface area contributed by atoms with Gasteiger partial charge in [0.15, 0.2) is 0 Å². The van der Waals surface area contributed by atoms with E-state index in [9.17, 15) is 14.4 Å². The third kappa shape index (κ3) is 4.49. The Morgan fingerprint density at radius 2 is 1.56 bits per heavy atom. The van der Waals surface area contributed by atoms with Crippen LogP contribution in [0.3, 0.4) is 0 Å². The summed E-state index contributed by atoms with van der Waals surface area (Å²) in [7, 11) is 1.32. The van der Waals surface area contributed by atoms with E-state index in [4.69, 9.17) is 0 Å². The van der Waals surface area contributed by atoms with Crippen LogP contribution in [0, 0.1) is 0 Å². The molecule has 1 saturated heterocycles. The zero-order chi connectivity index (χ0) is 19.2. The predicted molar refractivity (Wildman–Crippen MR) is 98.2 cm³/mol. The molecule has 0 aliphatic carbocycles. The second-order valence-electron chi connectivity index (χ2n) is 6.24. The molecule has 0 spiro atoms. The van der Waals surface area contributed by atoms with E-state index in [0.717, 1.165) is 5.69 Å². The van der Waals surface area contributed by atoms with Crippen molar-refractivity contribution in [2.45, 2.75) is 6.42 Å². The number of hydrogen-bond donors (Lipinski definition) is 0. The molecule has 3 rings (SSSR count). The molecule has 0 unspecified atom stereocenters. The monoisotopic (exact) mass is 367 g/mol. The van der Waals surface area contributed by atoms with Crippen LogP contribution in [-0.4, -0.2) is 65.9 Å². The van der Waals surface area contributed by atoms with Crippen molar-refractivity contribution in [3.8, 4) is 0 Å². The molecule has 2 aromatic rings. The molecule has 7 nitrogen and oxygen atoms in total. The Balaban J connectivity index is 1.54. The maximum Gasteiger partial charge on any atom is 0.337 e. The Morgan fingerprint density at radius 1 is 0.926 bits per heavy atom. The van der Waals surface area contributed by atoms with E-state index < -0.39 is 5.97 Å². The number of carbonyl (C=O) groups excluding carboxylic acids is 3. The third-order valence-electron chi connectivity index (χ3n) is 4.53. The smallest absolute Gasteiger partial charge is 0.337 e. The summed E-state index contributed by atoms with van der Waals surface area (Å²) in [6, 6.07) is 11.9. The number of rotatable bonds is 4. The first-order valence-electron chi connectivity index (χ1n) is 8.74. The topological polar surface area (TPSA) is 79.8 Å². The minimum atomic E-state index is -0.436. The molecule has 27 heavy (non-hydrogen) atoms. The van der Waals surface area contributed by atoms with E-state index in [1.165, 1.54) is 7.11 Å². The van der Waals surface area contributed by atoms with Crippen LogP contribution in [0.25, 0.3) is 0 Å². The molecular formula is C20H21N3O4. The van der Waals surface area contributed by atoms with Crippen LogP contribution < -0.4 is 0 Å². The molecule has 1 fully saturated rings. The van der Waals surface area contributed by atoms with Gasteiger partial charge in [0.2, 0.25) is 5.91 Å². The summed E-state index contributed by atoms with van der Waals surface area (Å²) < 4.78 is 4.65. The number of ether oxygens (including phenoxy) is 1. The number of methoxy groups -OCH3 is 1. The zero-order valence-corrected chi connectivity index (χ0v) is 15.1. The van der Waals surface area contributed by atoms with Gasteiger partial charge in [0.1, 0.15) is 0 Å². The summed E-state index contributed by atoms with van der Waals surface area (Å²) in [4.78, 5) is 44.1. The van der Waals surface area contributed by atoms with Gasteiger partial charge in [-0.1, -0.05) is 6.07 Å². The van der Waals surface area contributed by atoms with Gasteiger partial charge in [-0.2, -0.15) is 0 Å². The fraction of sp³-hybridized carbons (Fsp3) is 0.300. The minimum absolute atomic E-state index is 0.0169. The number of pyridine rings is 1. The molecule has 0 N–H and O–H groups in total. The van der Waals surface area contributed by atoms with Gasteiger partial charge >= 0.3 is 5.97 Å². The Morgan fingerprint density at radius 3 is 2.15 bits per heavy atom. The van der Waals surface area contributed by atoms with Gasteiger partial charge in [0.25, 0.3) is 5.91 Å². The predicted octanol–water partition coefficient (Wildman–Crippen LogP) is 1.40. The van der Waals surface area contributed by atoms with E-state index in [1.54, 1.807) is 40.3 Å². The number of amides is 2. The average molecular weight is 367 g/mol. The Labute approximate surface area is 157 Å². The maximum atomic E-state index is 12.6. The van der Waals surface area contributed by atoms with E-state index in [1.807, 2.05) is 18.2 Å². The van der Waals surface area contributed by atoms with Gasteiger partial charge < -0.3 is 14.5 Å². The molecule has 0 saturated carbocycles. The van der Waals surface area contributed by atoms with E-state index in [0.29, 0.717) is 37.3 Å².